The van der Waals surface area contributed by atoms with Crippen molar-refractivity contribution in [3.05, 3.63) is 31.2 Å². The van der Waals surface area contributed by atoms with Gasteiger partial charge < -0.3 is 10.3 Å². The van der Waals surface area contributed by atoms with E-state index in [-0.39, 0.29) is 17.0 Å². The summed E-state index contributed by atoms with van der Waals surface area (Å²) < 4.78 is 0.920. The molecule has 0 aliphatic rings. The zero-order valence-electron chi connectivity index (χ0n) is 11.0. The molecule has 0 spiro atoms. The second kappa shape index (κ2) is 6.92. The van der Waals surface area contributed by atoms with Gasteiger partial charge in [-0.05, 0) is 41.0 Å². The van der Waals surface area contributed by atoms with Gasteiger partial charge in [0.2, 0.25) is 0 Å². The van der Waals surface area contributed by atoms with Crippen LogP contribution in [0, 0.1) is 9.49 Å². The van der Waals surface area contributed by atoms with Gasteiger partial charge in [-0.3, -0.25) is 9.59 Å². The van der Waals surface area contributed by atoms with E-state index in [4.69, 9.17) is 0 Å². The summed E-state index contributed by atoms with van der Waals surface area (Å²) >= 11 is 2.14. The van der Waals surface area contributed by atoms with Crippen LogP contribution in [0.3, 0.4) is 0 Å². The maximum atomic E-state index is 11.9. The Hall–Kier alpha value is -0.850. The maximum absolute atomic E-state index is 11.9. The van der Waals surface area contributed by atoms with Gasteiger partial charge in [0.05, 0.1) is 0 Å². The van der Waals surface area contributed by atoms with Gasteiger partial charge in [-0.2, -0.15) is 0 Å². The van der Waals surface area contributed by atoms with Crippen molar-refractivity contribution >= 4 is 28.5 Å². The number of aromatic amines is 1. The summed E-state index contributed by atoms with van der Waals surface area (Å²) in [4.78, 5) is 26.4. The number of H-pyrrole nitrogens is 1. The van der Waals surface area contributed by atoms with E-state index < -0.39 is 0 Å². The van der Waals surface area contributed by atoms with E-state index >= 15 is 0 Å². The number of pyridine rings is 1. The highest BCUT2D eigenvalue weighted by Gasteiger charge is 2.13. The summed E-state index contributed by atoms with van der Waals surface area (Å²) in [5, 5.41) is 2.79. The molecule has 0 radical (unpaired) electrons. The molecular weight excluding hydrogens is 343 g/mol. The Morgan fingerprint density at radius 3 is 2.72 bits per heavy atom. The van der Waals surface area contributed by atoms with Crippen LogP contribution in [0.15, 0.2) is 10.9 Å². The van der Waals surface area contributed by atoms with E-state index in [1.165, 1.54) is 0 Å². The van der Waals surface area contributed by atoms with Gasteiger partial charge in [0, 0.05) is 15.8 Å². The number of halogens is 1. The Morgan fingerprint density at radius 2 is 2.17 bits per heavy atom. The average Bonchev–Trinajstić information content (AvgIpc) is 2.37. The van der Waals surface area contributed by atoms with Crippen molar-refractivity contribution in [2.45, 2.75) is 33.6 Å². The number of hydrogen-bond donors (Lipinski definition) is 2. The van der Waals surface area contributed by atoms with E-state index in [2.05, 4.69) is 46.7 Å². The molecule has 0 aromatic carbocycles. The number of amides is 1. The van der Waals surface area contributed by atoms with Gasteiger partial charge in [0.1, 0.15) is 5.56 Å². The molecule has 4 nitrogen and oxygen atoms in total. The summed E-state index contributed by atoms with van der Waals surface area (Å²) in [6.45, 7) is 6.70. The van der Waals surface area contributed by atoms with Crippen LogP contribution in [0.5, 0.6) is 0 Å². The molecule has 0 saturated heterocycles. The third kappa shape index (κ3) is 3.83. The lowest BCUT2D eigenvalue weighted by Gasteiger charge is -2.10. The van der Waals surface area contributed by atoms with Crippen LogP contribution < -0.4 is 10.9 Å². The monoisotopic (exact) mass is 362 g/mol. The summed E-state index contributed by atoms with van der Waals surface area (Å²) in [5.41, 5.74) is 0.757. The zero-order chi connectivity index (χ0) is 13.7. The van der Waals surface area contributed by atoms with Crippen molar-refractivity contribution in [3.8, 4) is 0 Å². The number of rotatable bonds is 5. The van der Waals surface area contributed by atoms with Crippen LogP contribution in [0.4, 0.5) is 0 Å². The molecule has 0 saturated carbocycles. The molecule has 0 aliphatic carbocycles. The predicted molar refractivity (Wildman–Crippen MR) is 80.9 cm³/mol. The Balaban J connectivity index is 2.87. The number of carbonyl (C=O) groups is 1. The lowest BCUT2D eigenvalue weighted by molar-refractivity contribution is 0.0946. The van der Waals surface area contributed by atoms with E-state index in [0.717, 1.165) is 22.1 Å². The highest BCUT2D eigenvalue weighted by molar-refractivity contribution is 14.1. The topological polar surface area (TPSA) is 62.0 Å². The van der Waals surface area contributed by atoms with Crippen LogP contribution in [-0.4, -0.2) is 17.4 Å². The van der Waals surface area contributed by atoms with Gasteiger partial charge in [-0.1, -0.05) is 27.2 Å². The van der Waals surface area contributed by atoms with Gasteiger partial charge in [0.25, 0.3) is 11.5 Å². The summed E-state index contributed by atoms with van der Waals surface area (Å²) in [6, 6.07) is 1.66. The standard InChI is InChI=1S/C13H19IN2O2/c1-4-8(3)7-15-12(17)9-6-10(14)11(5-2)16-13(9)18/h6,8H,4-5,7H2,1-3H3,(H,15,17)(H,16,18)/t8-/m0/s1. The van der Waals surface area contributed by atoms with Crippen molar-refractivity contribution in [1.29, 1.82) is 0 Å². The minimum absolute atomic E-state index is 0.194. The highest BCUT2D eigenvalue weighted by atomic mass is 127. The number of nitrogens with one attached hydrogen (secondary N) is 2. The Bertz CT molecular complexity index is 482. The molecule has 0 fully saturated rings. The van der Waals surface area contributed by atoms with Crippen molar-refractivity contribution in [3.63, 3.8) is 0 Å². The molecule has 5 heteroatoms. The molecule has 1 aromatic heterocycles. The summed E-state index contributed by atoms with van der Waals surface area (Å²) in [6.07, 6.45) is 1.76. The molecular formula is C13H19IN2O2. The molecule has 1 atom stereocenters. The molecule has 0 aliphatic heterocycles. The fourth-order valence-electron chi connectivity index (χ4n) is 1.48. The molecule has 2 N–H and O–H groups in total. The highest BCUT2D eigenvalue weighted by Crippen LogP contribution is 2.10. The Kier molecular flexibility index (Phi) is 5.84. The van der Waals surface area contributed by atoms with E-state index in [1.54, 1.807) is 6.07 Å². The van der Waals surface area contributed by atoms with Crippen LogP contribution in [0.25, 0.3) is 0 Å². The average molecular weight is 362 g/mol. The number of carbonyl (C=O) groups excluding carboxylic acids is 1. The number of hydrogen-bond acceptors (Lipinski definition) is 2. The van der Waals surface area contributed by atoms with Crippen LogP contribution in [-0.2, 0) is 6.42 Å². The fraction of sp³-hybridized carbons (Fsp3) is 0.538. The second-order valence-corrected chi connectivity index (χ2v) is 5.58. The minimum Gasteiger partial charge on any atom is -0.352 e. The van der Waals surface area contributed by atoms with Crippen LogP contribution in [0.2, 0.25) is 0 Å². The molecule has 1 heterocycles. The van der Waals surface area contributed by atoms with Crippen LogP contribution in [0.1, 0.15) is 43.2 Å². The van der Waals surface area contributed by atoms with E-state index in [0.29, 0.717) is 12.5 Å². The quantitative estimate of drug-likeness (QED) is 0.790. The lowest BCUT2D eigenvalue weighted by Crippen LogP contribution is -2.33. The smallest absolute Gasteiger partial charge is 0.261 e. The summed E-state index contributed by atoms with van der Waals surface area (Å²) in [7, 11) is 0. The fourth-order valence-corrected chi connectivity index (χ4v) is 2.30. The third-order valence-corrected chi connectivity index (χ3v) is 3.94. The third-order valence-electron chi connectivity index (χ3n) is 2.97. The molecule has 1 aromatic rings. The van der Waals surface area contributed by atoms with Crippen molar-refractivity contribution in [2.24, 2.45) is 5.92 Å². The number of aromatic nitrogens is 1. The van der Waals surface area contributed by atoms with Gasteiger partial charge in [-0.25, -0.2) is 0 Å². The molecule has 0 bridgehead atoms. The SMILES string of the molecule is CCc1[nH]c(=O)c(C(=O)NC[C@@H](C)CC)cc1I. The minimum atomic E-state index is -0.311. The zero-order valence-corrected chi connectivity index (χ0v) is 13.1. The Labute approximate surface area is 121 Å². The number of aryl methyl sites for hydroxylation is 1. The largest absolute Gasteiger partial charge is 0.352 e. The molecule has 100 valence electrons. The van der Waals surface area contributed by atoms with Crippen LogP contribution >= 0.6 is 22.6 Å². The van der Waals surface area contributed by atoms with Gasteiger partial charge in [-0.15, -0.1) is 0 Å². The first-order valence-electron chi connectivity index (χ1n) is 6.19. The molecule has 0 unspecified atom stereocenters. The first-order chi connectivity index (χ1) is 8.49. The van der Waals surface area contributed by atoms with Gasteiger partial charge in [0.15, 0.2) is 0 Å². The molecule has 1 amide bonds. The predicted octanol–water partition coefficient (Wildman–Crippen LogP) is 2.32. The molecule has 18 heavy (non-hydrogen) atoms. The first kappa shape index (κ1) is 15.2. The van der Waals surface area contributed by atoms with E-state index in [1.807, 2.05) is 6.92 Å². The van der Waals surface area contributed by atoms with E-state index in [9.17, 15) is 9.59 Å². The van der Waals surface area contributed by atoms with Crippen molar-refractivity contribution < 1.29 is 4.79 Å². The second-order valence-electron chi connectivity index (χ2n) is 4.42. The normalized spacial score (nSPS) is 12.2. The maximum Gasteiger partial charge on any atom is 0.261 e. The van der Waals surface area contributed by atoms with Crippen molar-refractivity contribution in [1.82, 2.24) is 10.3 Å². The lowest BCUT2D eigenvalue weighted by atomic mass is 10.1. The Morgan fingerprint density at radius 1 is 1.50 bits per heavy atom. The molecule has 1 rings (SSSR count). The summed E-state index contributed by atoms with van der Waals surface area (Å²) in [5.74, 6) is 0.124. The first-order valence-corrected chi connectivity index (χ1v) is 7.27. The van der Waals surface area contributed by atoms with Crippen molar-refractivity contribution in [2.75, 3.05) is 6.54 Å². The van der Waals surface area contributed by atoms with Gasteiger partial charge >= 0.3 is 0 Å².